The van der Waals surface area contributed by atoms with E-state index in [9.17, 15) is 0 Å². The summed E-state index contributed by atoms with van der Waals surface area (Å²) in [7, 11) is 0. The van der Waals surface area contributed by atoms with Crippen molar-refractivity contribution in [3.63, 3.8) is 0 Å². The Labute approximate surface area is 283 Å². The zero-order valence-electron chi connectivity index (χ0n) is 27.4. The summed E-state index contributed by atoms with van der Waals surface area (Å²) in [6.07, 6.45) is 16.4. The summed E-state index contributed by atoms with van der Waals surface area (Å²) in [5.74, 6) is 3.05. The molecule has 5 bridgehead atoms. The molecule has 0 fully saturated rings. The van der Waals surface area contributed by atoms with E-state index in [1.165, 1.54) is 0 Å². The van der Waals surface area contributed by atoms with Gasteiger partial charge in [0.2, 0.25) is 0 Å². The minimum Gasteiger partial charge on any atom is -0.493 e. The summed E-state index contributed by atoms with van der Waals surface area (Å²) >= 11 is 0. The van der Waals surface area contributed by atoms with Gasteiger partial charge in [0, 0.05) is 5.39 Å². The molecule has 0 spiro atoms. The highest BCUT2D eigenvalue weighted by atomic mass is 16.5. The predicted molar refractivity (Wildman–Crippen MR) is 193 cm³/mol. The molecule has 4 heterocycles. The highest BCUT2D eigenvalue weighted by molar-refractivity contribution is 5.97. The molecule has 3 aromatic carbocycles. The highest BCUT2D eigenvalue weighted by Crippen LogP contribution is 2.43. The third-order valence-electron chi connectivity index (χ3n) is 8.67. The topological polar surface area (TPSA) is 62.7 Å². The summed E-state index contributed by atoms with van der Waals surface area (Å²) in [5.41, 5.74) is 5.98. The van der Waals surface area contributed by atoms with E-state index in [1.807, 2.05) is 42.5 Å². The van der Waals surface area contributed by atoms with E-state index in [0.717, 1.165) is 113 Å². The molecule has 0 amide bonds. The van der Waals surface area contributed by atoms with Gasteiger partial charge in [0.15, 0.2) is 5.65 Å². The molecule has 0 saturated heterocycles. The van der Waals surface area contributed by atoms with Crippen molar-refractivity contribution in [3.8, 4) is 56.6 Å². The van der Waals surface area contributed by atoms with E-state index in [-0.39, 0.29) is 0 Å². The van der Waals surface area contributed by atoms with E-state index < -0.39 is 0 Å². The second-order valence-electron chi connectivity index (χ2n) is 12.2. The number of allylic oxidation sites excluding steroid dienone is 4. The number of hydrogen-bond donors (Lipinski definition) is 0. The van der Waals surface area contributed by atoms with Crippen molar-refractivity contribution >= 4 is 11.0 Å². The molecular formula is C42H42N2O4. The Kier molecular flexibility index (Phi) is 10.3. The van der Waals surface area contributed by atoms with Crippen LogP contribution in [-0.2, 0) is 0 Å². The maximum absolute atomic E-state index is 6.49. The number of rotatable bonds is 1. The lowest BCUT2D eigenvalue weighted by molar-refractivity contribution is 0.297. The van der Waals surface area contributed by atoms with Crippen molar-refractivity contribution in [1.82, 2.24) is 9.97 Å². The maximum Gasteiger partial charge on any atom is 0.161 e. The van der Waals surface area contributed by atoms with Crippen molar-refractivity contribution in [2.75, 3.05) is 26.4 Å². The van der Waals surface area contributed by atoms with Crippen molar-refractivity contribution in [3.05, 3.63) is 109 Å². The van der Waals surface area contributed by atoms with Crippen molar-refractivity contribution in [2.45, 2.75) is 51.4 Å². The lowest BCUT2D eigenvalue weighted by atomic mass is 9.98. The number of hydrogen-bond acceptors (Lipinski definition) is 6. The molecule has 0 unspecified atom stereocenters. The van der Waals surface area contributed by atoms with Crippen LogP contribution in [0.1, 0.15) is 51.4 Å². The number of pyridine rings is 2. The van der Waals surface area contributed by atoms with Gasteiger partial charge < -0.3 is 18.9 Å². The molecule has 0 N–H and O–H groups in total. The first-order valence-corrected chi connectivity index (χ1v) is 17.3. The van der Waals surface area contributed by atoms with Crippen LogP contribution in [0.25, 0.3) is 44.7 Å². The molecule has 2 aliphatic rings. The molecule has 0 aliphatic carbocycles. The van der Waals surface area contributed by atoms with Crippen LogP contribution in [0.3, 0.4) is 0 Å². The largest absolute Gasteiger partial charge is 0.493 e. The average Bonchev–Trinajstić information content (AvgIpc) is 3.12. The molecule has 2 aromatic heterocycles. The first-order chi connectivity index (χ1) is 23.8. The fourth-order valence-electron chi connectivity index (χ4n) is 6.24. The lowest BCUT2D eigenvalue weighted by Crippen LogP contribution is -2.04. The third kappa shape index (κ3) is 7.38. The Morgan fingerprint density at radius 2 is 0.896 bits per heavy atom. The standard InChI is InChI=1S/C42H42N2O4/c1-3-7-14-28-47-38-22-17-23-39-41(38)35-30-33(31-18-10-9-11-19-31)32-24-25-34(43-42(32)44-35)40-36(45-26-12-5-1)20-16-21-37(40)46-27-13-6-2-4-8-15-29-48-39/h1-4,9-11,16-25,30H,5-8,12-15,26-29H2/b3-1-,4-2-. The monoisotopic (exact) mass is 638 g/mol. The Bertz CT molecular complexity index is 1830. The molecule has 0 saturated carbocycles. The fourth-order valence-corrected chi connectivity index (χ4v) is 6.24. The number of benzene rings is 3. The van der Waals surface area contributed by atoms with E-state index in [0.29, 0.717) is 32.1 Å². The average molecular weight is 639 g/mol. The van der Waals surface area contributed by atoms with Gasteiger partial charge in [-0.15, -0.1) is 0 Å². The highest BCUT2D eigenvalue weighted by Gasteiger charge is 2.21. The third-order valence-corrected chi connectivity index (χ3v) is 8.67. The van der Waals surface area contributed by atoms with E-state index >= 15 is 0 Å². The van der Waals surface area contributed by atoms with Gasteiger partial charge in [0.25, 0.3) is 0 Å². The molecule has 6 heteroatoms. The van der Waals surface area contributed by atoms with Gasteiger partial charge >= 0.3 is 0 Å². The number of nitrogens with zero attached hydrogens (tertiary/aromatic N) is 2. The minimum absolute atomic E-state index is 0.592. The van der Waals surface area contributed by atoms with Crippen molar-refractivity contribution < 1.29 is 18.9 Å². The van der Waals surface area contributed by atoms with Gasteiger partial charge in [0.05, 0.1) is 48.9 Å². The van der Waals surface area contributed by atoms with E-state index in [2.05, 4.69) is 66.8 Å². The van der Waals surface area contributed by atoms with Crippen LogP contribution >= 0.6 is 0 Å². The number of aromatic nitrogens is 2. The van der Waals surface area contributed by atoms with Crippen molar-refractivity contribution in [1.29, 1.82) is 0 Å². The van der Waals surface area contributed by atoms with Crippen LogP contribution in [0.2, 0.25) is 0 Å². The smallest absolute Gasteiger partial charge is 0.161 e. The first kappa shape index (κ1) is 31.5. The summed E-state index contributed by atoms with van der Waals surface area (Å²) in [6.45, 7) is 2.38. The van der Waals surface area contributed by atoms with Crippen LogP contribution in [0.15, 0.2) is 109 Å². The van der Waals surface area contributed by atoms with Crippen LogP contribution in [-0.4, -0.2) is 36.4 Å². The van der Waals surface area contributed by atoms with Crippen LogP contribution in [0.4, 0.5) is 0 Å². The van der Waals surface area contributed by atoms with Gasteiger partial charge in [-0.05, 0) is 105 Å². The first-order valence-electron chi connectivity index (χ1n) is 17.3. The molecule has 5 aromatic rings. The fraction of sp³-hybridized carbons (Fsp3) is 0.286. The molecule has 0 atom stereocenters. The Hall–Kier alpha value is -5.10. The van der Waals surface area contributed by atoms with Gasteiger partial charge in [-0.2, -0.15) is 0 Å². The molecule has 6 nitrogen and oxygen atoms in total. The van der Waals surface area contributed by atoms with Gasteiger partial charge in [-0.25, -0.2) is 9.97 Å². The van der Waals surface area contributed by atoms with E-state index in [1.54, 1.807) is 0 Å². The molecule has 0 radical (unpaired) electrons. The molecular weight excluding hydrogens is 596 g/mol. The minimum atomic E-state index is 0.592. The number of ether oxygens (including phenoxy) is 4. The molecule has 48 heavy (non-hydrogen) atoms. The zero-order chi connectivity index (χ0) is 32.4. The maximum atomic E-state index is 6.49. The SMILES string of the molecule is C1=C\CCCOc2cccc3c2-c2cc(-c4ccccc4)c4ccc(nc4n2)-c2c(cccc2OCCC/C=C\CCCO3)OCCC/1. The Balaban J connectivity index is 1.47. The van der Waals surface area contributed by atoms with Gasteiger partial charge in [-0.1, -0.05) is 66.8 Å². The van der Waals surface area contributed by atoms with Crippen LogP contribution < -0.4 is 18.9 Å². The molecule has 244 valence electrons. The quantitative estimate of drug-likeness (QED) is 0.170. The van der Waals surface area contributed by atoms with Crippen LogP contribution in [0, 0.1) is 0 Å². The van der Waals surface area contributed by atoms with Gasteiger partial charge in [-0.3, -0.25) is 0 Å². The Morgan fingerprint density at radius 1 is 0.438 bits per heavy atom. The predicted octanol–water partition coefficient (Wildman–Crippen LogP) is 10.4. The summed E-state index contributed by atoms with van der Waals surface area (Å²) in [6, 6.07) is 28.8. The lowest BCUT2D eigenvalue weighted by Gasteiger charge is -2.18. The second kappa shape index (κ2) is 15.7. The zero-order valence-corrected chi connectivity index (χ0v) is 27.4. The Morgan fingerprint density at radius 3 is 1.40 bits per heavy atom. The van der Waals surface area contributed by atoms with Crippen LogP contribution in [0.5, 0.6) is 23.0 Å². The van der Waals surface area contributed by atoms with Gasteiger partial charge in [0.1, 0.15) is 23.0 Å². The van der Waals surface area contributed by atoms with Crippen molar-refractivity contribution in [2.24, 2.45) is 0 Å². The second-order valence-corrected chi connectivity index (χ2v) is 12.2. The van der Waals surface area contributed by atoms with E-state index in [4.69, 9.17) is 28.9 Å². The summed E-state index contributed by atoms with van der Waals surface area (Å²) in [4.78, 5) is 10.5. The summed E-state index contributed by atoms with van der Waals surface area (Å²) < 4.78 is 25.9. The molecule has 2 aliphatic heterocycles. The molecule has 7 rings (SSSR count). The summed E-state index contributed by atoms with van der Waals surface area (Å²) in [5, 5.41) is 0.962. The normalized spacial score (nSPS) is 17.2.